The first kappa shape index (κ1) is 12.7. The molecular weight excluding hydrogens is 246 g/mol. The number of rotatable bonds is 2. The molecule has 0 spiro atoms. The van der Waals surface area contributed by atoms with Gasteiger partial charge < -0.3 is 14.7 Å². The molecule has 0 aromatic heterocycles. The van der Waals surface area contributed by atoms with Crippen molar-refractivity contribution in [2.24, 2.45) is 17.8 Å². The molecule has 0 unspecified atom stereocenters. The van der Waals surface area contributed by atoms with E-state index in [-0.39, 0.29) is 12.0 Å². The third-order valence-electron chi connectivity index (χ3n) is 4.44. The molecule has 2 fully saturated rings. The van der Waals surface area contributed by atoms with Gasteiger partial charge in [0, 0.05) is 13.1 Å². The molecule has 3 aliphatic rings. The normalized spacial score (nSPS) is 40.7. The summed E-state index contributed by atoms with van der Waals surface area (Å²) in [6.45, 7) is 3.61. The second-order valence-corrected chi connectivity index (χ2v) is 5.87. The number of ether oxygens (including phenoxy) is 1. The Balaban J connectivity index is 1.78. The van der Waals surface area contributed by atoms with Crippen LogP contribution in [0, 0.1) is 17.8 Å². The third-order valence-corrected chi connectivity index (χ3v) is 4.44. The number of fused-ring (bicyclic) bond motifs is 2. The number of amides is 1. The first-order chi connectivity index (χ1) is 9.08. The Morgan fingerprint density at radius 2 is 1.95 bits per heavy atom. The molecule has 0 aromatic carbocycles. The number of carbonyl (C=O) groups excluding carboxylic acids is 1. The van der Waals surface area contributed by atoms with Crippen LogP contribution in [0.5, 0.6) is 0 Å². The first-order valence-electron chi connectivity index (χ1n) is 6.93. The van der Waals surface area contributed by atoms with Crippen LogP contribution < -0.4 is 0 Å². The van der Waals surface area contributed by atoms with Crippen LogP contribution in [0.25, 0.3) is 0 Å². The fourth-order valence-electron chi connectivity index (χ4n) is 3.50. The summed E-state index contributed by atoms with van der Waals surface area (Å²) in [5.74, 6) is -1.75. The molecule has 1 amide bonds. The topological polar surface area (TPSA) is 66.8 Å². The van der Waals surface area contributed by atoms with Crippen molar-refractivity contribution in [1.82, 2.24) is 4.90 Å². The lowest BCUT2D eigenvalue weighted by Crippen LogP contribution is -2.48. The number of hydrogen-bond donors (Lipinski definition) is 1. The van der Waals surface area contributed by atoms with Gasteiger partial charge in [-0.05, 0) is 18.8 Å². The van der Waals surface area contributed by atoms with Gasteiger partial charge in [-0.1, -0.05) is 19.1 Å². The van der Waals surface area contributed by atoms with Crippen LogP contribution >= 0.6 is 0 Å². The average Bonchev–Trinajstić information content (AvgIpc) is 2.97. The molecular formula is C14H19NO4. The highest BCUT2D eigenvalue weighted by Gasteiger charge is 2.54. The minimum atomic E-state index is -0.930. The summed E-state index contributed by atoms with van der Waals surface area (Å²) >= 11 is 0. The van der Waals surface area contributed by atoms with Crippen LogP contribution in [-0.2, 0) is 14.3 Å². The predicted octanol–water partition coefficient (Wildman–Crippen LogP) is 0.899. The van der Waals surface area contributed by atoms with Crippen molar-refractivity contribution >= 4 is 11.9 Å². The fraction of sp³-hybridized carbons (Fsp3) is 0.714. The van der Waals surface area contributed by atoms with Gasteiger partial charge in [-0.2, -0.15) is 0 Å². The van der Waals surface area contributed by atoms with Crippen molar-refractivity contribution in [2.45, 2.75) is 32.0 Å². The van der Waals surface area contributed by atoms with Crippen molar-refractivity contribution in [3.63, 3.8) is 0 Å². The zero-order chi connectivity index (χ0) is 13.6. The number of likely N-dealkylation sites (tertiary alicyclic amines) is 1. The lowest BCUT2D eigenvalue weighted by molar-refractivity contribution is -0.150. The highest BCUT2D eigenvalue weighted by molar-refractivity contribution is 5.87. The van der Waals surface area contributed by atoms with Crippen molar-refractivity contribution in [3.8, 4) is 0 Å². The highest BCUT2D eigenvalue weighted by atomic mass is 16.5. The number of hydrogen-bond acceptors (Lipinski definition) is 3. The summed E-state index contributed by atoms with van der Waals surface area (Å²) in [6.07, 6.45) is 4.96. The molecule has 19 heavy (non-hydrogen) atoms. The summed E-state index contributed by atoms with van der Waals surface area (Å²) in [4.78, 5) is 25.8. The second-order valence-electron chi connectivity index (χ2n) is 5.87. The van der Waals surface area contributed by atoms with Crippen LogP contribution in [0.1, 0.15) is 19.8 Å². The zero-order valence-corrected chi connectivity index (χ0v) is 11.0. The van der Waals surface area contributed by atoms with E-state index in [9.17, 15) is 14.7 Å². The van der Waals surface area contributed by atoms with Gasteiger partial charge in [0.15, 0.2) is 0 Å². The molecule has 104 valence electrons. The number of carbonyl (C=O) groups is 2. The van der Waals surface area contributed by atoms with E-state index >= 15 is 0 Å². The summed E-state index contributed by atoms with van der Waals surface area (Å²) in [6, 6.07) is 0. The maximum absolute atomic E-state index is 12.6. The van der Waals surface area contributed by atoms with Crippen LogP contribution in [0.2, 0.25) is 0 Å². The molecule has 0 radical (unpaired) electrons. The molecule has 3 aliphatic heterocycles. The molecule has 0 aromatic rings. The van der Waals surface area contributed by atoms with E-state index in [1.807, 2.05) is 11.0 Å². The quantitative estimate of drug-likeness (QED) is 0.753. The lowest BCUT2D eigenvalue weighted by atomic mass is 9.81. The van der Waals surface area contributed by atoms with Crippen molar-refractivity contribution in [2.75, 3.05) is 13.1 Å². The van der Waals surface area contributed by atoms with Gasteiger partial charge in [0.05, 0.1) is 18.1 Å². The molecule has 5 nitrogen and oxygen atoms in total. The molecule has 3 heterocycles. The van der Waals surface area contributed by atoms with Crippen LogP contribution in [0.4, 0.5) is 0 Å². The van der Waals surface area contributed by atoms with Crippen LogP contribution in [-0.4, -0.2) is 47.2 Å². The van der Waals surface area contributed by atoms with Gasteiger partial charge in [0.2, 0.25) is 5.91 Å². The fourth-order valence-corrected chi connectivity index (χ4v) is 3.50. The minimum Gasteiger partial charge on any atom is -0.481 e. The maximum atomic E-state index is 12.6. The molecule has 0 saturated carbocycles. The molecule has 0 aliphatic carbocycles. The van der Waals surface area contributed by atoms with E-state index in [1.54, 1.807) is 6.08 Å². The predicted molar refractivity (Wildman–Crippen MR) is 67.4 cm³/mol. The largest absolute Gasteiger partial charge is 0.481 e. The Morgan fingerprint density at radius 3 is 2.58 bits per heavy atom. The Bertz CT molecular complexity index is 433. The van der Waals surface area contributed by atoms with Crippen molar-refractivity contribution in [3.05, 3.63) is 12.2 Å². The molecule has 5 atom stereocenters. The van der Waals surface area contributed by atoms with E-state index in [0.29, 0.717) is 5.92 Å². The maximum Gasteiger partial charge on any atom is 0.310 e. The lowest BCUT2D eigenvalue weighted by Gasteiger charge is -2.34. The second kappa shape index (κ2) is 4.63. The Labute approximate surface area is 112 Å². The zero-order valence-electron chi connectivity index (χ0n) is 11.0. The Hall–Kier alpha value is -1.36. The monoisotopic (exact) mass is 265 g/mol. The number of nitrogens with zero attached hydrogens (tertiary/aromatic N) is 1. The molecule has 3 rings (SSSR count). The summed E-state index contributed by atoms with van der Waals surface area (Å²) in [5, 5.41) is 9.32. The molecule has 2 bridgehead atoms. The van der Waals surface area contributed by atoms with E-state index in [4.69, 9.17) is 4.74 Å². The standard InChI is InChI=1S/C14H19NO4/c1-8-3-2-6-15(7-8)13(16)11-9-4-5-10(19-9)12(11)14(17)18/h4-5,8-12H,2-3,6-7H2,1H3,(H,17,18)/t8-,9-,10-,11+,12-/m0/s1. The number of piperidine rings is 1. The molecule has 5 heteroatoms. The summed E-state index contributed by atoms with van der Waals surface area (Å²) in [5.41, 5.74) is 0. The van der Waals surface area contributed by atoms with E-state index < -0.39 is 23.9 Å². The number of aliphatic carboxylic acids is 1. The van der Waals surface area contributed by atoms with Gasteiger partial charge in [0.25, 0.3) is 0 Å². The third kappa shape index (κ3) is 2.06. The van der Waals surface area contributed by atoms with Crippen molar-refractivity contribution in [1.29, 1.82) is 0 Å². The Kier molecular flexibility index (Phi) is 3.09. The smallest absolute Gasteiger partial charge is 0.310 e. The van der Waals surface area contributed by atoms with Gasteiger partial charge in [-0.15, -0.1) is 0 Å². The highest BCUT2D eigenvalue weighted by Crippen LogP contribution is 2.40. The van der Waals surface area contributed by atoms with Gasteiger partial charge in [0.1, 0.15) is 5.92 Å². The van der Waals surface area contributed by atoms with Crippen LogP contribution in [0.15, 0.2) is 12.2 Å². The van der Waals surface area contributed by atoms with Gasteiger partial charge in [-0.25, -0.2) is 0 Å². The van der Waals surface area contributed by atoms with E-state index in [2.05, 4.69) is 6.92 Å². The number of carboxylic acid groups (broad SMARTS) is 1. The van der Waals surface area contributed by atoms with E-state index in [0.717, 1.165) is 25.9 Å². The average molecular weight is 265 g/mol. The summed E-state index contributed by atoms with van der Waals surface area (Å²) in [7, 11) is 0. The SMILES string of the molecule is C[C@H]1CCCN(C(=O)[C@H]2[C@@H](C(=O)O)[C@@H]3C=C[C@@H]2O3)C1. The Morgan fingerprint density at radius 1 is 1.26 bits per heavy atom. The number of carboxylic acids is 1. The first-order valence-corrected chi connectivity index (χ1v) is 6.93. The molecule has 2 saturated heterocycles. The van der Waals surface area contributed by atoms with Gasteiger partial charge >= 0.3 is 5.97 Å². The summed E-state index contributed by atoms with van der Waals surface area (Å²) < 4.78 is 5.56. The minimum absolute atomic E-state index is 0.0456. The van der Waals surface area contributed by atoms with E-state index in [1.165, 1.54) is 0 Å². The van der Waals surface area contributed by atoms with Gasteiger partial charge in [-0.3, -0.25) is 9.59 Å². The van der Waals surface area contributed by atoms with Crippen molar-refractivity contribution < 1.29 is 19.4 Å². The van der Waals surface area contributed by atoms with Crippen LogP contribution in [0.3, 0.4) is 0 Å². The molecule has 1 N–H and O–H groups in total.